The topological polar surface area (TPSA) is 46.1 Å². The maximum atomic E-state index is 13.4. The molecule has 4 nitrogen and oxygen atoms in total. The quantitative estimate of drug-likeness (QED) is 0.852. The van der Waals surface area contributed by atoms with Crippen molar-refractivity contribution in [2.75, 3.05) is 13.1 Å². The molecule has 124 valence electrons. The minimum atomic E-state index is -0.375. The van der Waals surface area contributed by atoms with E-state index in [4.69, 9.17) is 4.98 Å². The Kier molecular flexibility index (Phi) is 3.59. The Morgan fingerprint density at radius 2 is 2.17 bits per heavy atom. The van der Waals surface area contributed by atoms with Crippen molar-refractivity contribution in [1.82, 2.24) is 14.9 Å². The second kappa shape index (κ2) is 5.65. The number of carbonyl (C=O) groups excluding carboxylic acids is 1. The molecule has 2 atom stereocenters. The molecule has 0 N–H and O–H groups in total. The van der Waals surface area contributed by atoms with E-state index in [-0.39, 0.29) is 11.7 Å². The summed E-state index contributed by atoms with van der Waals surface area (Å²) in [7, 11) is 0. The summed E-state index contributed by atoms with van der Waals surface area (Å²) in [5.41, 5.74) is 2.74. The lowest BCUT2D eigenvalue weighted by Gasteiger charge is -2.18. The summed E-state index contributed by atoms with van der Waals surface area (Å²) < 4.78 is 13.4. The van der Waals surface area contributed by atoms with Crippen LogP contribution in [0.2, 0.25) is 0 Å². The van der Waals surface area contributed by atoms with Crippen LogP contribution in [0, 0.1) is 11.7 Å². The molecule has 1 fully saturated rings. The fourth-order valence-electron chi connectivity index (χ4n) is 3.84. The van der Waals surface area contributed by atoms with Gasteiger partial charge in [-0.15, -0.1) is 0 Å². The van der Waals surface area contributed by atoms with Crippen LogP contribution >= 0.6 is 0 Å². The third-order valence-electron chi connectivity index (χ3n) is 5.09. The van der Waals surface area contributed by atoms with Gasteiger partial charge >= 0.3 is 0 Å². The molecule has 1 aromatic heterocycles. The van der Waals surface area contributed by atoms with Gasteiger partial charge in [-0.2, -0.15) is 0 Å². The molecule has 1 amide bonds. The normalized spacial score (nSPS) is 21.9. The van der Waals surface area contributed by atoms with E-state index < -0.39 is 0 Å². The smallest absolute Gasteiger partial charge is 0.253 e. The molecule has 24 heavy (non-hydrogen) atoms. The van der Waals surface area contributed by atoms with Crippen LogP contribution in [0.15, 0.2) is 30.5 Å². The predicted octanol–water partition coefficient (Wildman–Crippen LogP) is 3.15. The minimum absolute atomic E-state index is 0.0924. The third-order valence-corrected chi connectivity index (χ3v) is 5.09. The average Bonchev–Trinajstić information content (AvgIpc) is 3.11. The number of aromatic nitrogens is 2. The van der Waals surface area contributed by atoms with Crippen molar-refractivity contribution in [3.05, 3.63) is 58.9 Å². The maximum absolute atomic E-state index is 13.4. The van der Waals surface area contributed by atoms with Crippen LogP contribution in [0.3, 0.4) is 0 Å². The van der Waals surface area contributed by atoms with E-state index in [1.165, 1.54) is 17.7 Å². The number of hydrogen-bond acceptors (Lipinski definition) is 3. The molecule has 0 unspecified atom stereocenters. The van der Waals surface area contributed by atoms with Gasteiger partial charge in [0.05, 0.1) is 0 Å². The summed E-state index contributed by atoms with van der Waals surface area (Å²) in [4.78, 5) is 23.6. The molecule has 1 aliphatic carbocycles. The zero-order chi connectivity index (χ0) is 16.8. The number of fused-ring (bicyclic) bond motifs is 3. The predicted molar refractivity (Wildman–Crippen MR) is 88.4 cm³/mol. The molecular formula is C19H20FN3O. The molecule has 5 heteroatoms. The van der Waals surface area contributed by atoms with Crippen LogP contribution in [0.5, 0.6) is 0 Å². The van der Waals surface area contributed by atoms with E-state index in [2.05, 4.69) is 18.8 Å². The second-order valence-corrected chi connectivity index (χ2v) is 7.08. The van der Waals surface area contributed by atoms with Crippen molar-refractivity contribution in [3.8, 4) is 0 Å². The van der Waals surface area contributed by atoms with Gasteiger partial charge < -0.3 is 4.90 Å². The van der Waals surface area contributed by atoms with Crippen molar-refractivity contribution in [3.63, 3.8) is 0 Å². The fraction of sp³-hybridized carbons (Fsp3) is 0.421. The molecule has 0 radical (unpaired) electrons. The SMILES string of the molecule is CC(C)c1ncc2c(n1)C[C@@H]1CN(C(=O)c3cccc(F)c3)C[C@H]21. The van der Waals surface area contributed by atoms with Crippen molar-refractivity contribution >= 4 is 5.91 Å². The first kappa shape index (κ1) is 15.2. The van der Waals surface area contributed by atoms with Crippen LogP contribution in [0.4, 0.5) is 4.39 Å². The number of benzene rings is 1. The Balaban J connectivity index is 1.55. The number of nitrogens with zero attached hydrogens (tertiary/aromatic N) is 3. The second-order valence-electron chi connectivity index (χ2n) is 7.08. The Bertz CT molecular complexity index is 805. The molecule has 1 aliphatic heterocycles. The maximum Gasteiger partial charge on any atom is 0.253 e. The van der Waals surface area contributed by atoms with Crippen LogP contribution in [0.25, 0.3) is 0 Å². The van der Waals surface area contributed by atoms with Gasteiger partial charge in [-0.25, -0.2) is 14.4 Å². The Morgan fingerprint density at radius 3 is 2.92 bits per heavy atom. The highest BCUT2D eigenvalue weighted by Gasteiger charge is 2.42. The monoisotopic (exact) mass is 325 g/mol. The van der Waals surface area contributed by atoms with Crippen LogP contribution < -0.4 is 0 Å². The van der Waals surface area contributed by atoms with Gasteiger partial charge in [0.15, 0.2) is 0 Å². The van der Waals surface area contributed by atoms with E-state index in [0.29, 0.717) is 36.4 Å². The van der Waals surface area contributed by atoms with Gasteiger partial charge in [0.25, 0.3) is 5.91 Å². The Hall–Kier alpha value is -2.30. The highest BCUT2D eigenvalue weighted by atomic mass is 19.1. The number of hydrogen-bond donors (Lipinski definition) is 0. The summed E-state index contributed by atoms with van der Waals surface area (Å²) in [5, 5.41) is 0. The van der Waals surface area contributed by atoms with Crippen molar-refractivity contribution < 1.29 is 9.18 Å². The van der Waals surface area contributed by atoms with Crippen LogP contribution in [-0.4, -0.2) is 33.9 Å². The largest absolute Gasteiger partial charge is 0.338 e. The van der Waals surface area contributed by atoms with E-state index >= 15 is 0 Å². The summed E-state index contributed by atoms with van der Waals surface area (Å²) >= 11 is 0. The van der Waals surface area contributed by atoms with Gasteiger partial charge in [-0.3, -0.25) is 4.79 Å². The number of amides is 1. The molecule has 2 heterocycles. The van der Waals surface area contributed by atoms with Gasteiger partial charge in [0, 0.05) is 42.4 Å². The van der Waals surface area contributed by atoms with Gasteiger partial charge in [0.1, 0.15) is 11.6 Å². The molecule has 0 bridgehead atoms. The first-order valence-corrected chi connectivity index (χ1v) is 8.43. The standard InChI is InChI=1S/C19H20FN3O/c1-11(2)18-21-8-15-16-10-23(9-13(16)7-17(15)22-18)19(24)12-4-3-5-14(20)6-12/h3-6,8,11,13,16H,7,9-10H2,1-2H3/t13-,16+/m1/s1. The van der Waals surface area contributed by atoms with Gasteiger partial charge in [-0.05, 0) is 36.1 Å². The lowest BCUT2D eigenvalue weighted by atomic mass is 9.97. The molecular weight excluding hydrogens is 305 g/mol. The summed E-state index contributed by atoms with van der Waals surface area (Å²) in [6.07, 6.45) is 2.84. The number of likely N-dealkylation sites (tertiary alicyclic amines) is 1. The number of halogens is 1. The molecule has 1 saturated heterocycles. The molecule has 0 saturated carbocycles. The molecule has 1 aromatic carbocycles. The van der Waals surface area contributed by atoms with E-state index in [0.717, 1.165) is 17.9 Å². The first-order chi connectivity index (χ1) is 11.5. The summed E-state index contributed by atoms with van der Waals surface area (Å²) in [6.45, 7) is 5.55. The Labute approximate surface area is 140 Å². The zero-order valence-electron chi connectivity index (χ0n) is 13.9. The Morgan fingerprint density at radius 1 is 1.33 bits per heavy atom. The number of rotatable bonds is 2. The molecule has 4 rings (SSSR count). The fourth-order valence-corrected chi connectivity index (χ4v) is 3.84. The van der Waals surface area contributed by atoms with Crippen LogP contribution in [-0.2, 0) is 6.42 Å². The number of carbonyl (C=O) groups is 1. The lowest BCUT2D eigenvalue weighted by molar-refractivity contribution is 0.0784. The highest BCUT2D eigenvalue weighted by molar-refractivity contribution is 5.94. The van der Waals surface area contributed by atoms with Crippen molar-refractivity contribution in [2.45, 2.75) is 32.1 Å². The molecule has 2 aliphatic rings. The third kappa shape index (κ3) is 2.48. The molecule has 0 spiro atoms. The first-order valence-electron chi connectivity index (χ1n) is 8.43. The van der Waals surface area contributed by atoms with Gasteiger partial charge in [-0.1, -0.05) is 19.9 Å². The summed E-state index contributed by atoms with van der Waals surface area (Å²) in [5.74, 6) is 1.45. The minimum Gasteiger partial charge on any atom is -0.338 e. The van der Waals surface area contributed by atoms with Crippen LogP contribution in [0.1, 0.15) is 53.1 Å². The van der Waals surface area contributed by atoms with E-state index in [9.17, 15) is 9.18 Å². The highest BCUT2D eigenvalue weighted by Crippen LogP contribution is 2.42. The lowest BCUT2D eigenvalue weighted by Crippen LogP contribution is -2.29. The van der Waals surface area contributed by atoms with E-state index in [1.807, 2.05) is 11.1 Å². The van der Waals surface area contributed by atoms with Crippen molar-refractivity contribution in [1.29, 1.82) is 0 Å². The average molecular weight is 325 g/mol. The van der Waals surface area contributed by atoms with Crippen molar-refractivity contribution in [2.24, 2.45) is 5.92 Å². The molecule has 2 aromatic rings. The summed E-state index contributed by atoms with van der Waals surface area (Å²) in [6, 6.07) is 5.92. The van der Waals surface area contributed by atoms with E-state index in [1.54, 1.807) is 12.1 Å². The zero-order valence-corrected chi connectivity index (χ0v) is 13.9. The van der Waals surface area contributed by atoms with Gasteiger partial charge in [0.2, 0.25) is 0 Å².